The van der Waals surface area contributed by atoms with Crippen molar-refractivity contribution in [2.24, 2.45) is 5.10 Å². The van der Waals surface area contributed by atoms with Crippen molar-refractivity contribution in [2.45, 2.75) is 30.4 Å². The molecule has 0 unspecified atom stereocenters. The van der Waals surface area contributed by atoms with Crippen LogP contribution in [-0.4, -0.2) is 44.5 Å². The maximum Gasteiger partial charge on any atom is 0.258 e. The molecule has 1 aliphatic rings. The van der Waals surface area contributed by atoms with E-state index in [2.05, 4.69) is 10.5 Å². The first-order valence-electron chi connectivity index (χ1n) is 11.4. The van der Waals surface area contributed by atoms with Gasteiger partial charge in [0.15, 0.2) is 11.5 Å². The van der Waals surface area contributed by atoms with E-state index in [0.29, 0.717) is 46.6 Å². The molecular weight excluding hydrogens is 537 g/mol. The molecule has 1 amide bonds. The molecule has 0 saturated carbocycles. The number of benzene rings is 3. The maximum absolute atomic E-state index is 13.0. The van der Waals surface area contributed by atoms with Crippen LogP contribution in [0, 0.1) is 0 Å². The highest BCUT2D eigenvalue weighted by Gasteiger charge is 2.39. The fourth-order valence-electron chi connectivity index (χ4n) is 3.90. The first kappa shape index (κ1) is 26.9. The SMILES string of the molecule is COc1cc(C=NNC(=O)[C@@H]2CCCN2S(=O)(=O)c2ccc(Cl)cc2)ccc1OCc1ccc(Cl)cc1. The molecule has 1 saturated heterocycles. The number of nitrogens with one attached hydrogen (secondary N) is 1. The first-order chi connectivity index (χ1) is 17.8. The lowest BCUT2D eigenvalue weighted by molar-refractivity contribution is -0.124. The van der Waals surface area contributed by atoms with Crippen LogP contribution in [0.3, 0.4) is 0 Å². The number of rotatable bonds is 9. The van der Waals surface area contributed by atoms with Crippen molar-refractivity contribution in [3.8, 4) is 11.5 Å². The highest BCUT2D eigenvalue weighted by molar-refractivity contribution is 7.89. The Morgan fingerprint density at radius 3 is 2.41 bits per heavy atom. The molecule has 1 heterocycles. The van der Waals surface area contributed by atoms with Gasteiger partial charge in [0.25, 0.3) is 5.91 Å². The largest absolute Gasteiger partial charge is 0.493 e. The van der Waals surface area contributed by atoms with Gasteiger partial charge in [-0.15, -0.1) is 0 Å². The monoisotopic (exact) mass is 561 g/mol. The molecule has 0 aromatic heterocycles. The molecular formula is C26H25Cl2N3O5S. The smallest absolute Gasteiger partial charge is 0.258 e. The van der Waals surface area contributed by atoms with Gasteiger partial charge in [-0.1, -0.05) is 35.3 Å². The quantitative estimate of drug-likeness (QED) is 0.296. The Kier molecular flexibility index (Phi) is 8.71. The number of hydrazone groups is 1. The van der Waals surface area contributed by atoms with E-state index in [0.717, 1.165) is 5.56 Å². The van der Waals surface area contributed by atoms with Crippen LogP contribution in [-0.2, 0) is 21.4 Å². The Bertz CT molecular complexity index is 1380. The molecule has 1 aliphatic heterocycles. The lowest BCUT2D eigenvalue weighted by atomic mass is 10.2. The van der Waals surface area contributed by atoms with Crippen molar-refractivity contribution in [1.82, 2.24) is 9.73 Å². The molecule has 11 heteroatoms. The summed E-state index contributed by atoms with van der Waals surface area (Å²) in [5.41, 5.74) is 4.08. The Morgan fingerprint density at radius 2 is 1.73 bits per heavy atom. The zero-order valence-electron chi connectivity index (χ0n) is 19.9. The van der Waals surface area contributed by atoms with E-state index in [9.17, 15) is 13.2 Å². The summed E-state index contributed by atoms with van der Waals surface area (Å²) in [7, 11) is -2.31. The van der Waals surface area contributed by atoms with Crippen molar-refractivity contribution in [2.75, 3.05) is 13.7 Å². The predicted octanol–water partition coefficient (Wildman–Crippen LogP) is 4.88. The summed E-state index contributed by atoms with van der Waals surface area (Å²) in [5.74, 6) is 0.550. The van der Waals surface area contributed by atoms with E-state index in [4.69, 9.17) is 32.7 Å². The van der Waals surface area contributed by atoms with Crippen LogP contribution in [0.2, 0.25) is 10.0 Å². The number of amides is 1. The number of hydrogen-bond acceptors (Lipinski definition) is 6. The van der Waals surface area contributed by atoms with Gasteiger partial charge in [0, 0.05) is 16.6 Å². The molecule has 1 atom stereocenters. The Hall–Kier alpha value is -3.11. The van der Waals surface area contributed by atoms with E-state index in [-0.39, 0.29) is 11.4 Å². The molecule has 1 N–H and O–H groups in total. The van der Waals surface area contributed by atoms with Gasteiger partial charge in [-0.25, -0.2) is 13.8 Å². The van der Waals surface area contributed by atoms with Gasteiger partial charge < -0.3 is 9.47 Å². The molecule has 8 nitrogen and oxygen atoms in total. The van der Waals surface area contributed by atoms with Gasteiger partial charge in [0.2, 0.25) is 10.0 Å². The summed E-state index contributed by atoms with van der Waals surface area (Å²) in [6.45, 7) is 0.593. The number of hydrogen-bond donors (Lipinski definition) is 1. The number of methoxy groups -OCH3 is 1. The van der Waals surface area contributed by atoms with E-state index in [1.54, 1.807) is 30.3 Å². The van der Waals surface area contributed by atoms with Crippen LogP contribution in [0.4, 0.5) is 0 Å². The van der Waals surface area contributed by atoms with Crippen LogP contribution < -0.4 is 14.9 Å². The Morgan fingerprint density at radius 1 is 1.05 bits per heavy atom. The number of halogens is 2. The van der Waals surface area contributed by atoms with Crippen molar-refractivity contribution >= 4 is 45.3 Å². The standard InChI is InChI=1S/C26H25Cl2N3O5S/c1-35-25-15-19(6-13-24(25)36-17-18-4-7-20(27)8-5-18)16-29-30-26(32)23-3-2-14-31(23)37(33,34)22-11-9-21(28)10-12-22/h4-13,15-16,23H,2-3,14,17H2,1H3,(H,30,32)/t23-/m0/s1. The van der Waals surface area contributed by atoms with E-state index >= 15 is 0 Å². The normalized spacial score (nSPS) is 16.1. The van der Waals surface area contributed by atoms with Crippen LogP contribution in [0.15, 0.2) is 76.7 Å². The summed E-state index contributed by atoms with van der Waals surface area (Å²) in [6, 6.07) is 17.6. The van der Waals surface area contributed by atoms with Gasteiger partial charge in [-0.3, -0.25) is 4.79 Å². The molecule has 3 aromatic carbocycles. The average Bonchev–Trinajstić information content (AvgIpc) is 3.40. The molecule has 3 aromatic rings. The van der Waals surface area contributed by atoms with Crippen LogP contribution in [0.1, 0.15) is 24.0 Å². The number of carbonyl (C=O) groups is 1. The molecule has 0 aliphatic carbocycles. The third kappa shape index (κ3) is 6.61. The van der Waals surface area contributed by atoms with Gasteiger partial charge in [-0.2, -0.15) is 9.41 Å². The average molecular weight is 562 g/mol. The molecule has 194 valence electrons. The first-order valence-corrected chi connectivity index (χ1v) is 13.6. The van der Waals surface area contributed by atoms with Crippen molar-refractivity contribution in [3.05, 3.63) is 87.9 Å². The lowest BCUT2D eigenvalue weighted by Gasteiger charge is -2.22. The molecule has 1 fully saturated rings. The topological polar surface area (TPSA) is 97.3 Å². The summed E-state index contributed by atoms with van der Waals surface area (Å²) in [4.78, 5) is 12.9. The highest BCUT2D eigenvalue weighted by Crippen LogP contribution is 2.29. The van der Waals surface area contributed by atoms with E-state index in [1.165, 1.54) is 41.9 Å². The molecule has 4 rings (SSSR count). The summed E-state index contributed by atoms with van der Waals surface area (Å²) in [6.07, 6.45) is 2.43. The van der Waals surface area contributed by atoms with Crippen LogP contribution in [0.5, 0.6) is 11.5 Å². The highest BCUT2D eigenvalue weighted by atomic mass is 35.5. The minimum Gasteiger partial charge on any atom is -0.493 e. The van der Waals surface area contributed by atoms with Crippen LogP contribution in [0.25, 0.3) is 0 Å². The second kappa shape index (κ2) is 12.0. The number of ether oxygens (including phenoxy) is 2. The maximum atomic E-state index is 13.0. The third-order valence-corrected chi connectivity index (χ3v) is 8.24. The van der Waals surface area contributed by atoms with E-state index < -0.39 is 22.0 Å². The molecule has 0 bridgehead atoms. The van der Waals surface area contributed by atoms with Crippen molar-refractivity contribution in [1.29, 1.82) is 0 Å². The Balaban J connectivity index is 1.38. The number of carbonyl (C=O) groups excluding carboxylic acids is 1. The molecule has 37 heavy (non-hydrogen) atoms. The van der Waals surface area contributed by atoms with Gasteiger partial charge in [0.1, 0.15) is 12.6 Å². The summed E-state index contributed by atoms with van der Waals surface area (Å²) >= 11 is 11.8. The Labute approximate surface area is 225 Å². The summed E-state index contributed by atoms with van der Waals surface area (Å²) in [5, 5.41) is 5.11. The fraction of sp³-hybridized carbons (Fsp3) is 0.231. The van der Waals surface area contributed by atoms with Gasteiger partial charge in [0.05, 0.1) is 18.2 Å². The molecule has 0 radical (unpaired) electrons. The molecule has 0 spiro atoms. The summed E-state index contributed by atoms with van der Waals surface area (Å²) < 4.78 is 38.6. The lowest BCUT2D eigenvalue weighted by Crippen LogP contribution is -2.44. The zero-order valence-corrected chi connectivity index (χ0v) is 22.3. The van der Waals surface area contributed by atoms with Crippen molar-refractivity contribution in [3.63, 3.8) is 0 Å². The fourth-order valence-corrected chi connectivity index (χ4v) is 5.81. The number of sulfonamides is 1. The predicted molar refractivity (Wildman–Crippen MR) is 143 cm³/mol. The van der Waals surface area contributed by atoms with E-state index in [1.807, 2.05) is 12.1 Å². The zero-order chi connectivity index (χ0) is 26.4. The third-order valence-electron chi connectivity index (χ3n) is 5.81. The van der Waals surface area contributed by atoms with Gasteiger partial charge in [-0.05, 0) is 78.6 Å². The number of nitrogens with zero attached hydrogens (tertiary/aromatic N) is 2. The second-order valence-electron chi connectivity index (χ2n) is 8.29. The minimum atomic E-state index is -3.84. The van der Waals surface area contributed by atoms with Crippen molar-refractivity contribution < 1.29 is 22.7 Å². The second-order valence-corrected chi connectivity index (χ2v) is 11.1. The van der Waals surface area contributed by atoms with Crippen LogP contribution >= 0.6 is 23.2 Å². The minimum absolute atomic E-state index is 0.0885. The van der Waals surface area contributed by atoms with Gasteiger partial charge >= 0.3 is 0 Å².